The lowest BCUT2D eigenvalue weighted by atomic mass is 10.2. The Kier molecular flexibility index (Phi) is 1.39. The standard InChI is InChI=1S/C9H9NO/c11-8-5-4-7-3-1-2-6-10-9(7)8/h1-3,6,10H,4-5H2. The Hall–Kier alpha value is -1.31. The van der Waals surface area contributed by atoms with Crippen LogP contribution >= 0.6 is 0 Å². The SMILES string of the molecule is O=C1CCC2=C1NC=CC=C2. The fourth-order valence-corrected chi connectivity index (χ4v) is 1.38. The van der Waals surface area contributed by atoms with Crippen molar-refractivity contribution in [1.29, 1.82) is 0 Å². The van der Waals surface area contributed by atoms with Crippen LogP contribution in [0.5, 0.6) is 0 Å². The molecule has 0 radical (unpaired) electrons. The van der Waals surface area contributed by atoms with Crippen molar-refractivity contribution < 1.29 is 4.79 Å². The first-order valence-corrected chi connectivity index (χ1v) is 3.74. The Bertz CT molecular complexity index is 284. The van der Waals surface area contributed by atoms with Crippen molar-refractivity contribution in [3.8, 4) is 0 Å². The van der Waals surface area contributed by atoms with Gasteiger partial charge in [-0.15, -0.1) is 0 Å². The zero-order valence-corrected chi connectivity index (χ0v) is 6.13. The van der Waals surface area contributed by atoms with Gasteiger partial charge < -0.3 is 5.32 Å². The van der Waals surface area contributed by atoms with Gasteiger partial charge in [-0.1, -0.05) is 12.2 Å². The summed E-state index contributed by atoms with van der Waals surface area (Å²) in [4.78, 5) is 11.2. The highest BCUT2D eigenvalue weighted by Crippen LogP contribution is 2.22. The fourth-order valence-electron chi connectivity index (χ4n) is 1.38. The molecule has 1 aliphatic heterocycles. The first kappa shape index (κ1) is 6.40. The predicted octanol–water partition coefficient (Wildman–Crippen LogP) is 1.28. The van der Waals surface area contributed by atoms with Gasteiger partial charge in [0.2, 0.25) is 0 Å². The van der Waals surface area contributed by atoms with E-state index in [9.17, 15) is 4.79 Å². The lowest BCUT2D eigenvalue weighted by molar-refractivity contribution is -0.115. The van der Waals surface area contributed by atoms with Crippen LogP contribution in [0.25, 0.3) is 0 Å². The van der Waals surface area contributed by atoms with Crippen LogP contribution in [-0.4, -0.2) is 5.78 Å². The largest absolute Gasteiger partial charge is 0.359 e. The Morgan fingerprint density at radius 3 is 3.09 bits per heavy atom. The van der Waals surface area contributed by atoms with Crippen molar-refractivity contribution >= 4 is 5.78 Å². The Labute approximate surface area is 65.3 Å². The minimum atomic E-state index is 0.233. The van der Waals surface area contributed by atoms with Crippen LogP contribution in [0.15, 0.2) is 35.7 Å². The minimum Gasteiger partial charge on any atom is -0.359 e. The van der Waals surface area contributed by atoms with E-state index in [-0.39, 0.29) is 5.78 Å². The van der Waals surface area contributed by atoms with Crippen molar-refractivity contribution in [1.82, 2.24) is 5.32 Å². The molecular formula is C9H9NO. The highest BCUT2D eigenvalue weighted by atomic mass is 16.1. The van der Waals surface area contributed by atoms with E-state index >= 15 is 0 Å². The summed E-state index contributed by atoms with van der Waals surface area (Å²) in [5.41, 5.74) is 1.93. The van der Waals surface area contributed by atoms with Gasteiger partial charge in [0, 0.05) is 12.6 Å². The molecule has 0 aromatic rings. The molecule has 2 heteroatoms. The zero-order chi connectivity index (χ0) is 7.68. The predicted molar refractivity (Wildman–Crippen MR) is 42.7 cm³/mol. The van der Waals surface area contributed by atoms with E-state index in [1.165, 1.54) is 0 Å². The van der Waals surface area contributed by atoms with Gasteiger partial charge in [-0.05, 0) is 18.1 Å². The van der Waals surface area contributed by atoms with E-state index < -0.39 is 0 Å². The van der Waals surface area contributed by atoms with Crippen LogP contribution in [0.4, 0.5) is 0 Å². The number of carbonyl (C=O) groups is 1. The summed E-state index contributed by atoms with van der Waals surface area (Å²) in [6, 6.07) is 0. The summed E-state index contributed by atoms with van der Waals surface area (Å²) < 4.78 is 0. The average molecular weight is 147 g/mol. The number of rotatable bonds is 0. The van der Waals surface area contributed by atoms with E-state index in [4.69, 9.17) is 0 Å². The van der Waals surface area contributed by atoms with Crippen LogP contribution in [0.1, 0.15) is 12.8 Å². The normalized spacial score (nSPS) is 21.6. The van der Waals surface area contributed by atoms with Gasteiger partial charge in [0.15, 0.2) is 5.78 Å². The topological polar surface area (TPSA) is 29.1 Å². The molecule has 0 unspecified atom stereocenters. The van der Waals surface area contributed by atoms with Gasteiger partial charge in [0.05, 0.1) is 5.70 Å². The molecule has 0 atom stereocenters. The Morgan fingerprint density at radius 1 is 1.27 bits per heavy atom. The van der Waals surface area contributed by atoms with Gasteiger partial charge in [-0.25, -0.2) is 0 Å². The van der Waals surface area contributed by atoms with Crippen molar-refractivity contribution in [2.45, 2.75) is 12.8 Å². The van der Waals surface area contributed by atoms with Crippen LogP contribution in [0, 0.1) is 0 Å². The summed E-state index contributed by atoms with van der Waals surface area (Å²) in [5.74, 6) is 0.233. The van der Waals surface area contributed by atoms with Crippen molar-refractivity contribution in [2.24, 2.45) is 0 Å². The third-order valence-electron chi connectivity index (χ3n) is 1.95. The van der Waals surface area contributed by atoms with Crippen LogP contribution < -0.4 is 5.32 Å². The lowest BCUT2D eigenvalue weighted by Crippen LogP contribution is -2.11. The molecule has 2 nitrogen and oxygen atoms in total. The molecule has 11 heavy (non-hydrogen) atoms. The summed E-state index contributed by atoms with van der Waals surface area (Å²) >= 11 is 0. The molecule has 56 valence electrons. The first-order valence-electron chi connectivity index (χ1n) is 3.74. The highest BCUT2D eigenvalue weighted by Gasteiger charge is 2.20. The molecule has 2 rings (SSSR count). The van der Waals surface area contributed by atoms with E-state index in [0.717, 1.165) is 17.7 Å². The zero-order valence-electron chi connectivity index (χ0n) is 6.13. The van der Waals surface area contributed by atoms with E-state index in [0.29, 0.717) is 6.42 Å². The second-order valence-corrected chi connectivity index (χ2v) is 2.69. The molecule has 0 bridgehead atoms. The fraction of sp³-hybridized carbons (Fsp3) is 0.222. The summed E-state index contributed by atoms with van der Waals surface area (Å²) in [6.45, 7) is 0. The average Bonchev–Trinajstić information content (AvgIpc) is 2.25. The Morgan fingerprint density at radius 2 is 2.18 bits per heavy atom. The number of hydrogen-bond acceptors (Lipinski definition) is 2. The minimum absolute atomic E-state index is 0.233. The van der Waals surface area contributed by atoms with Crippen LogP contribution in [-0.2, 0) is 4.79 Å². The van der Waals surface area contributed by atoms with E-state index in [1.54, 1.807) is 6.20 Å². The number of hydrogen-bond donors (Lipinski definition) is 1. The van der Waals surface area contributed by atoms with Crippen molar-refractivity contribution in [2.75, 3.05) is 0 Å². The summed E-state index contributed by atoms with van der Waals surface area (Å²) in [5, 5.41) is 2.98. The molecule has 0 spiro atoms. The molecule has 0 aromatic heterocycles. The molecule has 0 amide bonds. The molecule has 2 aliphatic rings. The Balaban J connectivity index is 2.39. The van der Waals surface area contributed by atoms with Gasteiger partial charge >= 0.3 is 0 Å². The molecule has 0 aromatic carbocycles. The van der Waals surface area contributed by atoms with E-state index in [2.05, 4.69) is 5.32 Å². The second kappa shape index (κ2) is 2.38. The summed E-state index contributed by atoms with van der Waals surface area (Å²) in [6.07, 6.45) is 9.19. The lowest BCUT2D eigenvalue weighted by Gasteiger charge is -1.98. The van der Waals surface area contributed by atoms with Crippen molar-refractivity contribution in [3.05, 3.63) is 35.7 Å². The first-order chi connectivity index (χ1) is 5.38. The third-order valence-corrected chi connectivity index (χ3v) is 1.95. The second-order valence-electron chi connectivity index (χ2n) is 2.69. The van der Waals surface area contributed by atoms with Crippen molar-refractivity contribution in [3.63, 3.8) is 0 Å². The molecule has 1 aliphatic carbocycles. The molecule has 1 heterocycles. The molecule has 0 fully saturated rings. The molecule has 0 saturated heterocycles. The number of carbonyl (C=O) groups excluding carboxylic acids is 1. The van der Waals surface area contributed by atoms with Crippen LogP contribution in [0.2, 0.25) is 0 Å². The smallest absolute Gasteiger partial charge is 0.179 e. The van der Waals surface area contributed by atoms with Gasteiger partial charge in [0.1, 0.15) is 0 Å². The number of ketones is 1. The quantitative estimate of drug-likeness (QED) is 0.559. The molecular weight excluding hydrogens is 138 g/mol. The monoisotopic (exact) mass is 147 g/mol. The van der Waals surface area contributed by atoms with Gasteiger partial charge in [-0.3, -0.25) is 4.79 Å². The molecule has 1 N–H and O–H groups in total. The van der Waals surface area contributed by atoms with Crippen LogP contribution in [0.3, 0.4) is 0 Å². The maximum Gasteiger partial charge on any atom is 0.179 e. The van der Waals surface area contributed by atoms with Gasteiger partial charge in [-0.2, -0.15) is 0 Å². The van der Waals surface area contributed by atoms with Gasteiger partial charge in [0.25, 0.3) is 0 Å². The number of Topliss-reactive ketones (excluding diaryl/α,β-unsaturated/α-hetero) is 1. The highest BCUT2D eigenvalue weighted by molar-refractivity contribution is 5.99. The maximum atomic E-state index is 11.2. The summed E-state index contributed by atoms with van der Waals surface area (Å²) in [7, 11) is 0. The molecule has 0 saturated carbocycles. The number of nitrogens with one attached hydrogen (secondary N) is 1. The number of allylic oxidation sites excluding steroid dienone is 5. The third kappa shape index (κ3) is 1.00. The van der Waals surface area contributed by atoms with E-state index in [1.807, 2.05) is 18.2 Å². The maximum absolute atomic E-state index is 11.2.